The van der Waals surface area contributed by atoms with Gasteiger partial charge >= 0.3 is 0 Å². The van der Waals surface area contributed by atoms with E-state index in [-0.39, 0.29) is 18.1 Å². The molecule has 0 spiro atoms. The van der Waals surface area contributed by atoms with Gasteiger partial charge in [-0.3, -0.25) is 9.69 Å². The number of hydrogen-bond acceptors (Lipinski definition) is 3. The SMILES string of the molecule is NCCN(CCc1ccccc1)CC(=O)Nc1cc(F)cc(F)c1. The van der Waals surface area contributed by atoms with Gasteiger partial charge in [0.05, 0.1) is 6.54 Å². The van der Waals surface area contributed by atoms with Crippen molar-refractivity contribution < 1.29 is 13.6 Å². The van der Waals surface area contributed by atoms with Gasteiger partial charge in [0.1, 0.15) is 11.6 Å². The van der Waals surface area contributed by atoms with Gasteiger partial charge in [-0.25, -0.2) is 8.78 Å². The normalized spacial score (nSPS) is 10.8. The Labute approximate surface area is 140 Å². The highest BCUT2D eigenvalue weighted by atomic mass is 19.1. The van der Waals surface area contributed by atoms with Crippen molar-refractivity contribution in [3.05, 3.63) is 65.7 Å². The summed E-state index contributed by atoms with van der Waals surface area (Å²) in [6.07, 6.45) is 0.794. The van der Waals surface area contributed by atoms with Crippen LogP contribution in [0.5, 0.6) is 0 Å². The van der Waals surface area contributed by atoms with Crippen molar-refractivity contribution in [3.8, 4) is 0 Å². The number of halogens is 2. The van der Waals surface area contributed by atoms with Crippen molar-refractivity contribution in [1.29, 1.82) is 0 Å². The van der Waals surface area contributed by atoms with Gasteiger partial charge in [-0.05, 0) is 24.1 Å². The second-order valence-corrected chi connectivity index (χ2v) is 5.51. The molecule has 3 N–H and O–H groups in total. The fourth-order valence-electron chi connectivity index (χ4n) is 2.41. The number of nitrogens with two attached hydrogens (primary N) is 1. The van der Waals surface area contributed by atoms with Gasteiger partial charge in [-0.15, -0.1) is 0 Å². The van der Waals surface area contributed by atoms with Gasteiger partial charge in [-0.2, -0.15) is 0 Å². The number of amides is 1. The van der Waals surface area contributed by atoms with Crippen molar-refractivity contribution in [3.63, 3.8) is 0 Å². The van der Waals surface area contributed by atoms with E-state index in [2.05, 4.69) is 5.32 Å². The molecule has 2 aromatic carbocycles. The fourth-order valence-corrected chi connectivity index (χ4v) is 2.41. The molecule has 0 aliphatic rings. The van der Waals surface area contributed by atoms with E-state index in [0.717, 1.165) is 24.6 Å². The molecule has 0 saturated heterocycles. The van der Waals surface area contributed by atoms with E-state index in [1.807, 2.05) is 35.2 Å². The monoisotopic (exact) mass is 333 g/mol. The van der Waals surface area contributed by atoms with E-state index >= 15 is 0 Å². The highest BCUT2D eigenvalue weighted by Gasteiger charge is 2.11. The largest absolute Gasteiger partial charge is 0.329 e. The summed E-state index contributed by atoms with van der Waals surface area (Å²) in [4.78, 5) is 14.0. The summed E-state index contributed by atoms with van der Waals surface area (Å²) < 4.78 is 26.3. The smallest absolute Gasteiger partial charge is 0.238 e. The van der Waals surface area contributed by atoms with Gasteiger partial charge < -0.3 is 11.1 Å². The van der Waals surface area contributed by atoms with Crippen LogP contribution in [0.1, 0.15) is 5.56 Å². The van der Waals surface area contributed by atoms with Crippen molar-refractivity contribution >= 4 is 11.6 Å². The summed E-state index contributed by atoms with van der Waals surface area (Å²) in [6, 6.07) is 12.9. The lowest BCUT2D eigenvalue weighted by molar-refractivity contribution is -0.117. The Morgan fingerprint density at radius 3 is 2.33 bits per heavy atom. The van der Waals surface area contributed by atoms with Crippen molar-refractivity contribution in [2.45, 2.75) is 6.42 Å². The minimum atomic E-state index is -0.729. The molecule has 6 heteroatoms. The van der Waals surface area contributed by atoms with Crippen LogP contribution in [0, 0.1) is 11.6 Å². The Kier molecular flexibility index (Phi) is 6.84. The standard InChI is InChI=1S/C18H21F2N3O/c19-15-10-16(20)12-17(11-15)22-18(24)13-23(9-7-21)8-6-14-4-2-1-3-5-14/h1-5,10-12H,6-9,13,21H2,(H,22,24). The van der Waals surface area contributed by atoms with E-state index in [9.17, 15) is 13.6 Å². The summed E-state index contributed by atoms with van der Waals surface area (Å²) in [7, 11) is 0. The molecule has 2 aromatic rings. The summed E-state index contributed by atoms with van der Waals surface area (Å²) in [5.41, 5.74) is 6.87. The molecule has 0 aliphatic heterocycles. The molecule has 0 bridgehead atoms. The Morgan fingerprint density at radius 1 is 1.04 bits per heavy atom. The zero-order valence-corrected chi connectivity index (χ0v) is 13.3. The molecule has 0 fully saturated rings. The summed E-state index contributed by atoms with van der Waals surface area (Å²) >= 11 is 0. The minimum Gasteiger partial charge on any atom is -0.329 e. The first kappa shape index (κ1) is 18.0. The van der Waals surface area contributed by atoms with Crippen molar-refractivity contribution in [2.75, 3.05) is 31.5 Å². The molecule has 0 aromatic heterocycles. The number of carbonyl (C=O) groups is 1. The van der Waals surface area contributed by atoms with Crippen LogP contribution in [0.15, 0.2) is 48.5 Å². The zero-order valence-electron chi connectivity index (χ0n) is 13.3. The van der Waals surface area contributed by atoms with Crippen LogP contribution >= 0.6 is 0 Å². The molecular weight excluding hydrogens is 312 g/mol. The fraction of sp³-hybridized carbons (Fsp3) is 0.278. The van der Waals surface area contributed by atoms with E-state index in [1.165, 1.54) is 5.56 Å². The summed E-state index contributed by atoms with van der Waals surface area (Å²) in [5.74, 6) is -1.79. The maximum Gasteiger partial charge on any atom is 0.238 e. The third kappa shape index (κ3) is 6.06. The van der Waals surface area contributed by atoms with Crippen LogP contribution < -0.4 is 11.1 Å². The summed E-state index contributed by atoms with van der Waals surface area (Å²) in [5, 5.41) is 2.51. The van der Waals surface area contributed by atoms with E-state index in [0.29, 0.717) is 19.6 Å². The van der Waals surface area contributed by atoms with E-state index in [4.69, 9.17) is 5.73 Å². The van der Waals surface area contributed by atoms with Crippen LogP contribution in [0.4, 0.5) is 14.5 Å². The quantitative estimate of drug-likeness (QED) is 0.780. The number of rotatable bonds is 8. The van der Waals surface area contributed by atoms with Gasteiger partial charge in [0.25, 0.3) is 0 Å². The molecule has 128 valence electrons. The topological polar surface area (TPSA) is 58.4 Å². The molecule has 0 atom stereocenters. The number of hydrogen-bond donors (Lipinski definition) is 2. The first-order chi connectivity index (χ1) is 11.6. The zero-order chi connectivity index (χ0) is 17.4. The van der Waals surface area contributed by atoms with Crippen LogP contribution in [0.2, 0.25) is 0 Å². The first-order valence-electron chi connectivity index (χ1n) is 7.79. The van der Waals surface area contributed by atoms with E-state index < -0.39 is 11.6 Å². The van der Waals surface area contributed by atoms with Crippen LogP contribution in [0.25, 0.3) is 0 Å². The third-order valence-corrected chi connectivity index (χ3v) is 3.52. The number of carbonyl (C=O) groups excluding carboxylic acids is 1. The van der Waals surface area contributed by atoms with Gasteiger partial charge in [-0.1, -0.05) is 30.3 Å². The number of nitrogens with one attached hydrogen (secondary N) is 1. The van der Waals surface area contributed by atoms with Crippen LogP contribution in [0.3, 0.4) is 0 Å². The maximum atomic E-state index is 13.2. The molecule has 1 amide bonds. The number of nitrogens with zero attached hydrogens (tertiary/aromatic N) is 1. The third-order valence-electron chi connectivity index (χ3n) is 3.52. The number of anilines is 1. The highest BCUT2D eigenvalue weighted by molar-refractivity contribution is 5.92. The Morgan fingerprint density at radius 2 is 1.71 bits per heavy atom. The maximum absolute atomic E-state index is 13.2. The lowest BCUT2D eigenvalue weighted by atomic mass is 10.1. The number of benzene rings is 2. The molecule has 4 nitrogen and oxygen atoms in total. The van der Waals surface area contributed by atoms with Crippen LogP contribution in [-0.4, -0.2) is 37.0 Å². The molecule has 0 unspecified atom stereocenters. The van der Waals surface area contributed by atoms with Gasteiger partial charge in [0.2, 0.25) is 5.91 Å². The molecule has 24 heavy (non-hydrogen) atoms. The lowest BCUT2D eigenvalue weighted by Crippen LogP contribution is -2.38. The van der Waals surface area contributed by atoms with Crippen LogP contribution in [-0.2, 0) is 11.2 Å². The average Bonchev–Trinajstić information content (AvgIpc) is 2.52. The van der Waals surface area contributed by atoms with E-state index in [1.54, 1.807) is 0 Å². The Balaban J connectivity index is 1.90. The Bertz CT molecular complexity index is 644. The Hall–Kier alpha value is -2.31. The molecule has 2 rings (SSSR count). The predicted molar refractivity (Wildman–Crippen MR) is 90.6 cm³/mol. The molecule has 0 heterocycles. The predicted octanol–water partition coefficient (Wildman–Crippen LogP) is 2.41. The van der Waals surface area contributed by atoms with Crippen molar-refractivity contribution in [1.82, 2.24) is 4.90 Å². The molecule has 0 aliphatic carbocycles. The lowest BCUT2D eigenvalue weighted by Gasteiger charge is -2.21. The summed E-state index contributed by atoms with van der Waals surface area (Å²) in [6.45, 7) is 1.78. The van der Waals surface area contributed by atoms with Gasteiger partial charge in [0.15, 0.2) is 0 Å². The highest BCUT2D eigenvalue weighted by Crippen LogP contribution is 2.12. The second-order valence-electron chi connectivity index (χ2n) is 5.51. The first-order valence-corrected chi connectivity index (χ1v) is 7.79. The minimum absolute atomic E-state index is 0.105. The molecule has 0 radical (unpaired) electrons. The molecular formula is C18H21F2N3O. The average molecular weight is 333 g/mol. The second kappa shape index (κ2) is 9.10. The van der Waals surface area contributed by atoms with Gasteiger partial charge in [0, 0.05) is 31.4 Å². The molecule has 0 saturated carbocycles. The van der Waals surface area contributed by atoms with Crippen molar-refractivity contribution in [2.24, 2.45) is 5.73 Å².